The van der Waals surface area contributed by atoms with E-state index in [4.69, 9.17) is 14.2 Å². The molecule has 0 unspecified atom stereocenters. The van der Waals surface area contributed by atoms with Crippen molar-refractivity contribution < 1.29 is 41.7 Å². The van der Waals surface area contributed by atoms with Gasteiger partial charge in [0.25, 0.3) is 0 Å². The number of ether oxygens (including phenoxy) is 4. The van der Waals surface area contributed by atoms with E-state index in [1.807, 2.05) is 12.1 Å². The molecule has 0 saturated heterocycles. The zero-order valence-electron chi connectivity index (χ0n) is 26.7. The number of aromatic nitrogens is 3. The standard InChI is InChI=1S/C33H37F3N4O6/c1-20-27-16-22(11-12-28(27)40(39-20)30(42)46-32(5,6)7)23-15-26(18-37-17-23)43-19-24(38-29(41)45-31(2,3)4)13-21-9-8-10-25(14-21)44-33(34,35)36/h8-12,14-18,24H,13,19H2,1-7H3,(H,38,41)/t24-/m0/s1. The maximum atomic E-state index is 12.8. The molecule has 46 heavy (non-hydrogen) atoms. The fourth-order valence-corrected chi connectivity index (χ4v) is 4.52. The fourth-order valence-electron chi connectivity index (χ4n) is 4.52. The van der Waals surface area contributed by atoms with Crippen molar-refractivity contribution in [2.24, 2.45) is 0 Å². The van der Waals surface area contributed by atoms with E-state index < -0.39 is 35.8 Å². The average molecular weight is 643 g/mol. The molecule has 0 radical (unpaired) electrons. The molecule has 0 fully saturated rings. The number of alkyl halides is 3. The molecule has 10 nitrogen and oxygen atoms in total. The summed E-state index contributed by atoms with van der Waals surface area (Å²) in [5.74, 6) is 0.0200. The molecule has 4 aromatic rings. The van der Waals surface area contributed by atoms with E-state index in [1.165, 1.54) is 29.1 Å². The van der Waals surface area contributed by atoms with Crippen molar-refractivity contribution >= 4 is 23.1 Å². The number of benzene rings is 2. The smallest absolute Gasteiger partial charge is 0.490 e. The molecule has 246 valence electrons. The van der Waals surface area contributed by atoms with Crippen molar-refractivity contribution in [1.82, 2.24) is 20.1 Å². The lowest BCUT2D eigenvalue weighted by Gasteiger charge is -2.24. The quantitative estimate of drug-likeness (QED) is 0.209. The van der Waals surface area contributed by atoms with Crippen molar-refractivity contribution in [3.05, 3.63) is 72.2 Å². The predicted molar refractivity (Wildman–Crippen MR) is 165 cm³/mol. The highest BCUT2D eigenvalue weighted by molar-refractivity contribution is 5.92. The summed E-state index contributed by atoms with van der Waals surface area (Å²) in [7, 11) is 0. The number of carbonyl (C=O) groups excluding carboxylic acids is 2. The van der Waals surface area contributed by atoms with Crippen LogP contribution in [0, 0.1) is 6.92 Å². The van der Waals surface area contributed by atoms with E-state index in [9.17, 15) is 22.8 Å². The van der Waals surface area contributed by atoms with Gasteiger partial charge in [-0.25, -0.2) is 9.59 Å². The molecule has 1 atom stereocenters. The third-order valence-electron chi connectivity index (χ3n) is 6.26. The van der Waals surface area contributed by atoms with Gasteiger partial charge in [0.2, 0.25) is 0 Å². The van der Waals surface area contributed by atoms with Crippen molar-refractivity contribution in [3.8, 4) is 22.6 Å². The van der Waals surface area contributed by atoms with Crippen LogP contribution in [0.4, 0.5) is 22.8 Å². The third kappa shape index (κ3) is 9.85. The molecule has 4 rings (SSSR count). The van der Waals surface area contributed by atoms with Crippen molar-refractivity contribution in [2.75, 3.05) is 6.61 Å². The van der Waals surface area contributed by atoms with Crippen LogP contribution in [0.25, 0.3) is 22.0 Å². The third-order valence-corrected chi connectivity index (χ3v) is 6.26. The Kier molecular flexibility index (Phi) is 9.83. The molecule has 0 aliphatic heterocycles. The van der Waals surface area contributed by atoms with Gasteiger partial charge in [-0.2, -0.15) is 9.78 Å². The number of pyridine rings is 1. The molecule has 0 bridgehead atoms. The molecule has 1 amide bonds. The maximum absolute atomic E-state index is 12.8. The van der Waals surface area contributed by atoms with Crippen LogP contribution in [0.1, 0.15) is 52.8 Å². The van der Waals surface area contributed by atoms with Gasteiger partial charge in [-0.3, -0.25) is 4.98 Å². The van der Waals surface area contributed by atoms with Gasteiger partial charge in [-0.15, -0.1) is 13.2 Å². The number of alkyl carbamates (subject to hydrolysis) is 1. The lowest BCUT2D eigenvalue weighted by atomic mass is 10.0. The zero-order valence-corrected chi connectivity index (χ0v) is 26.7. The molecule has 2 aromatic carbocycles. The number of halogens is 3. The minimum absolute atomic E-state index is 0.0461. The molecule has 0 spiro atoms. The Balaban J connectivity index is 1.53. The lowest BCUT2D eigenvalue weighted by Crippen LogP contribution is -2.43. The largest absolute Gasteiger partial charge is 0.573 e. The van der Waals surface area contributed by atoms with E-state index in [-0.39, 0.29) is 18.8 Å². The number of hydrogen-bond donors (Lipinski definition) is 1. The van der Waals surface area contributed by atoms with E-state index in [2.05, 4.69) is 20.1 Å². The number of aryl methyl sites for hydroxylation is 1. The Morgan fingerprint density at radius 1 is 0.891 bits per heavy atom. The number of rotatable bonds is 8. The number of nitrogens with one attached hydrogen (secondary N) is 1. The first kappa shape index (κ1) is 34.1. The summed E-state index contributed by atoms with van der Waals surface area (Å²) in [5.41, 5.74) is 1.79. The van der Waals surface area contributed by atoms with E-state index in [0.717, 1.165) is 16.5 Å². The van der Waals surface area contributed by atoms with Gasteiger partial charge >= 0.3 is 18.5 Å². The van der Waals surface area contributed by atoms with Gasteiger partial charge < -0.3 is 24.3 Å². The summed E-state index contributed by atoms with van der Waals surface area (Å²) >= 11 is 0. The maximum Gasteiger partial charge on any atom is 0.573 e. The van der Waals surface area contributed by atoms with E-state index >= 15 is 0 Å². The van der Waals surface area contributed by atoms with Crippen LogP contribution < -0.4 is 14.8 Å². The summed E-state index contributed by atoms with van der Waals surface area (Å²) in [6.45, 7) is 12.3. The summed E-state index contributed by atoms with van der Waals surface area (Å²) in [6, 6.07) is 12.1. The van der Waals surface area contributed by atoms with Gasteiger partial charge in [0.1, 0.15) is 29.3 Å². The summed E-state index contributed by atoms with van der Waals surface area (Å²) in [5, 5.41) is 7.87. The van der Waals surface area contributed by atoms with Crippen molar-refractivity contribution in [2.45, 2.75) is 78.5 Å². The van der Waals surface area contributed by atoms with Gasteiger partial charge in [-0.1, -0.05) is 18.2 Å². The highest BCUT2D eigenvalue weighted by atomic mass is 19.4. The minimum atomic E-state index is -4.84. The first-order valence-electron chi connectivity index (χ1n) is 14.5. The van der Waals surface area contributed by atoms with Crippen LogP contribution in [0.5, 0.6) is 11.5 Å². The van der Waals surface area contributed by atoms with Crippen molar-refractivity contribution in [3.63, 3.8) is 0 Å². The summed E-state index contributed by atoms with van der Waals surface area (Å²) in [6.07, 6.45) is -2.83. The van der Waals surface area contributed by atoms with Gasteiger partial charge in [-0.05, 0) is 96.3 Å². The van der Waals surface area contributed by atoms with Crippen LogP contribution in [0.2, 0.25) is 0 Å². The topological polar surface area (TPSA) is 114 Å². The number of carbonyl (C=O) groups is 2. The lowest BCUT2D eigenvalue weighted by molar-refractivity contribution is -0.274. The van der Waals surface area contributed by atoms with Gasteiger partial charge in [0, 0.05) is 17.1 Å². The normalized spacial score (nSPS) is 12.8. The second-order valence-electron chi connectivity index (χ2n) is 12.7. The Morgan fingerprint density at radius 2 is 1.61 bits per heavy atom. The van der Waals surface area contributed by atoms with Crippen molar-refractivity contribution in [1.29, 1.82) is 0 Å². The zero-order chi connectivity index (χ0) is 33.9. The number of fused-ring (bicyclic) bond motifs is 1. The van der Waals surface area contributed by atoms with Crippen LogP contribution in [0.3, 0.4) is 0 Å². The summed E-state index contributed by atoms with van der Waals surface area (Å²) in [4.78, 5) is 29.6. The van der Waals surface area contributed by atoms with Gasteiger partial charge in [0.15, 0.2) is 0 Å². The molecule has 2 aromatic heterocycles. The summed E-state index contributed by atoms with van der Waals surface area (Å²) < 4.78 is 60.5. The first-order chi connectivity index (χ1) is 21.3. The number of amides is 1. The molecule has 1 N–H and O–H groups in total. The van der Waals surface area contributed by atoms with Crippen LogP contribution in [-0.2, 0) is 15.9 Å². The number of nitrogens with zero attached hydrogens (tertiary/aromatic N) is 3. The molecule has 0 saturated carbocycles. The molecular formula is C33H37F3N4O6. The van der Waals surface area contributed by atoms with Gasteiger partial charge in [0.05, 0.1) is 23.4 Å². The minimum Gasteiger partial charge on any atom is -0.490 e. The molecule has 0 aliphatic rings. The number of hydrogen-bond acceptors (Lipinski definition) is 8. The first-order valence-corrected chi connectivity index (χ1v) is 14.5. The Morgan fingerprint density at radius 3 is 2.28 bits per heavy atom. The van der Waals surface area contributed by atoms with Crippen LogP contribution in [-0.4, -0.2) is 57.2 Å². The Labute approximate surface area is 264 Å². The monoisotopic (exact) mass is 642 g/mol. The highest BCUT2D eigenvalue weighted by Crippen LogP contribution is 2.29. The highest BCUT2D eigenvalue weighted by Gasteiger charge is 2.31. The second-order valence-corrected chi connectivity index (χ2v) is 12.7. The fraction of sp³-hybridized carbons (Fsp3) is 0.394. The van der Waals surface area contributed by atoms with E-state index in [0.29, 0.717) is 22.5 Å². The predicted octanol–water partition coefficient (Wildman–Crippen LogP) is 7.60. The average Bonchev–Trinajstić information content (AvgIpc) is 3.25. The van der Waals surface area contributed by atoms with Crippen LogP contribution in [0.15, 0.2) is 60.9 Å². The molecular weight excluding hydrogens is 605 g/mol. The second kappa shape index (κ2) is 13.3. The van der Waals surface area contributed by atoms with Crippen LogP contribution >= 0.6 is 0 Å². The molecule has 0 aliphatic carbocycles. The van der Waals surface area contributed by atoms with E-state index in [1.54, 1.807) is 72.9 Å². The Hall–Kier alpha value is -4.81. The molecule has 13 heteroatoms. The molecule has 2 heterocycles. The SMILES string of the molecule is Cc1nn(C(=O)OC(C)(C)C)c2ccc(-c3cncc(OC[C@H](Cc4cccc(OC(F)(F)F)c4)NC(=O)OC(C)(C)C)c3)cc12. The Bertz CT molecular complexity index is 1710.